The standard InChI is InChI=1S/C31H26O5/c1-33-25-16-22-23(17-26(25)34-2)29(21-13-14-24-27(15-21)36-18-35-24)30(28(22)19-9-5-3-6-10-19)31(32)20-11-7-4-8-12-20/h3-17,28-30H,18H2,1-2H3/t28-,29+,30+/m0/s1. The topological polar surface area (TPSA) is 54.0 Å². The molecule has 0 unspecified atom stereocenters. The fourth-order valence-electron chi connectivity index (χ4n) is 5.67. The number of hydrogen-bond donors (Lipinski definition) is 0. The van der Waals surface area contributed by atoms with Gasteiger partial charge in [0.15, 0.2) is 28.8 Å². The summed E-state index contributed by atoms with van der Waals surface area (Å²) in [5, 5.41) is 0. The van der Waals surface area contributed by atoms with Crippen molar-refractivity contribution in [3.8, 4) is 23.0 Å². The summed E-state index contributed by atoms with van der Waals surface area (Å²) in [5.74, 6) is 2.05. The smallest absolute Gasteiger partial charge is 0.231 e. The van der Waals surface area contributed by atoms with E-state index in [-0.39, 0.29) is 30.3 Å². The van der Waals surface area contributed by atoms with E-state index in [4.69, 9.17) is 18.9 Å². The van der Waals surface area contributed by atoms with E-state index in [0.717, 1.165) is 28.0 Å². The summed E-state index contributed by atoms with van der Waals surface area (Å²) in [6, 6.07) is 29.8. The molecule has 0 spiro atoms. The molecule has 0 amide bonds. The van der Waals surface area contributed by atoms with Gasteiger partial charge in [-0.2, -0.15) is 0 Å². The maximum absolute atomic E-state index is 14.3. The van der Waals surface area contributed by atoms with Crippen molar-refractivity contribution < 1.29 is 23.7 Å². The van der Waals surface area contributed by atoms with Crippen LogP contribution in [-0.2, 0) is 0 Å². The quantitative estimate of drug-likeness (QED) is 0.309. The van der Waals surface area contributed by atoms with Crippen LogP contribution in [0.15, 0.2) is 91.0 Å². The van der Waals surface area contributed by atoms with Crippen LogP contribution in [0.3, 0.4) is 0 Å². The maximum atomic E-state index is 14.3. The van der Waals surface area contributed by atoms with E-state index in [0.29, 0.717) is 22.8 Å². The van der Waals surface area contributed by atoms with Gasteiger partial charge in [0.2, 0.25) is 6.79 Å². The number of carbonyl (C=O) groups is 1. The first kappa shape index (κ1) is 22.2. The fourth-order valence-corrected chi connectivity index (χ4v) is 5.67. The van der Waals surface area contributed by atoms with Crippen LogP contribution in [0.2, 0.25) is 0 Å². The summed E-state index contributed by atoms with van der Waals surface area (Å²) in [6.07, 6.45) is 0. The van der Waals surface area contributed by atoms with Gasteiger partial charge in [-0.05, 0) is 46.5 Å². The number of Topliss-reactive ketones (excluding diaryl/α,β-unsaturated/α-hetero) is 1. The van der Waals surface area contributed by atoms with Crippen molar-refractivity contribution in [3.63, 3.8) is 0 Å². The van der Waals surface area contributed by atoms with Gasteiger partial charge in [0.25, 0.3) is 0 Å². The van der Waals surface area contributed by atoms with Gasteiger partial charge in [0, 0.05) is 23.3 Å². The molecule has 5 heteroatoms. The highest BCUT2D eigenvalue weighted by molar-refractivity contribution is 6.00. The van der Waals surface area contributed by atoms with Crippen molar-refractivity contribution in [3.05, 3.63) is 119 Å². The highest BCUT2D eigenvalue weighted by Crippen LogP contribution is 2.56. The molecular formula is C31H26O5. The van der Waals surface area contributed by atoms with Crippen molar-refractivity contribution in [2.24, 2.45) is 5.92 Å². The van der Waals surface area contributed by atoms with Crippen molar-refractivity contribution in [1.82, 2.24) is 0 Å². The second kappa shape index (κ2) is 9.08. The fraction of sp³-hybridized carbons (Fsp3) is 0.194. The third-order valence-corrected chi connectivity index (χ3v) is 7.25. The average molecular weight is 479 g/mol. The molecule has 4 aromatic rings. The molecule has 1 heterocycles. The lowest BCUT2D eigenvalue weighted by Crippen LogP contribution is -2.24. The zero-order valence-corrected chi connectivity index (χ0v) is 20.1. The van der Waals surface area contributed by atoms with Crippen LogP contribution in [-0.4, -0.2) is 26.8 Å². The zero-order valence-electron chi connectivity index (χ0n) is 20.1. The van der Waals surface area contributed by atoms with Crippen molar-refractivity contribution in [2.75, 3.05) is 21.0 Å². The van der Waals surface area contributed by atoms with Crippen LogP contribution in [0, 0.1) is 5.92 Å². The largest absolute Gasteiger partial charge is 0.493 e. The third-order valence-electron chi connectivity index (χ3n) is 7.25. The van der Waals surface area contributed by atoms with Gasteiger partial charge in [-0.1, -0.05) is 66.7 Å². The van der Waals surface area contributed by atoms with E-state index in [1.54, 1.807) is 14.2 Å². The van der Waals surface area contributed by atoms with Crippen molar-refractivity contribution in [1.29, 1.82) is 0 Å². The molecule has 6 rings (SSSR count). The summed E-state index contributed by atoms with van der Waals surface area (Å²) in [5.41, 5.74) is 4.90. The Bertz CT molecular complexity index is 1410. The van der Waals surface area contributed by atoms with Crippen LogP contribution in [0.4, 0.5) is 0 Å². The first-order chi connectivity index (χ1) is 17.7. The van der Waals surface area contributed by atoms with Gasteiger partial charge in [-0.25, -0.2) is 0 Å². The summed E-state index contributed by atoms with van der Waals surface area (Å²) in [4.78, 5) is 14.3. The summed E-state index contributed by atoms with van der Waals surface area (Å²) >= 11 is 0. The van der Waals surface area contributed by atoms with Crippen molar-refractivity contribution >= 4 is 5.78 Å². The lowest BCUT2D eigenvalue weighted by Gasteiger charge is -2.25. The van der Waals surface area contributed by atoms with Gasteiger partial charge in [0.05, 0.1) is 14.2 Å². The Hall–Kier alpha value is -4.25. The van der Waals surface area contributed by atoms with Crippen molar-refractivity contribution in [2.45, 2.75) is 11.8 Å². The van der Waals surface area contributed by atoms with Gasteiger partial charge >= 0.3 is 0 Å². The second-order valence-electron chi connectivity index (χ2n) is 9.07. The maximum Gasteiger partial charge on any atom is 0.231 e. The predicted octanol–water partition coefficient (Wildman–Crippen LogP) is 6.21. The van der Waals surface area contributed by atoms with E-state index in [1.165, 1.54) is 0 Å². The Balaban J connectivity index is 1.61. The molecule has 36 heavy (non-hydrogen) atoms. The van der Waals surface area contributed by atoms with E-state index in [2.05, 4.69) is 12.1 Å². The van der Waals surface area contributed by atoms with Crippen LogP contribution in [0.25, 0.3) is 0 Å². The normalized spacial score (nSPS) is 19.6. The summed E-state index contributed by atoms with van der Waals surface area (Å²) in [7, 11) is 3.27. The number of ether oxygens (including phenoxy) is 4. The molecule has 3 atom stereocenters. The average Bonchev–Trinajstić information content (AvgIpc) is 3.54. The molecule has 0 saturated carbocycles. The number of ketones is 1. The minimum absolute atomic E-state index is 0.0984. The predicted molar refractivity (Wildman–Crippen MR) is 137 cm³/mol. The van der Waals surface area contributed by atoms with Crippen LogP contribution < -0.4 is 18.9 Å². The number of methoxy groups -OCH3 is 2. The molecule has 0 aromatic heterocycles. The Morgan fingerprint density at radius 2 is 1.28 bits per heavy atom. The molecular weight excluding hydrogens is 452 g/mol. The minimum atomic E-state index is -0.373. The Morgan fingerprint density at radius 3 is 1.92 bits per heavy atom. The number of fused-ring (bicyclic) bond motifs is 2. The first-order valence-electron chi connectivity index (χ1n) is 12.0. The number of rotatable bonds is 6. The molecule has 1 aliphatic heterocycles. The lowest BCUT2D eigenvalue weighted by molar-refractivity contribution is 0.0904. The Kier molecular flexibility index (Phi) is 5.61. The van der Waals surface area contributed by atoms with E-state index in [1.807, 2.05) is 78.9 Å². The van der Waals surface area contributed by atoms with Crippen LogP contribution in [0.1, 0.15) is 44.4 Å². The third kappa shape index (κ3) is 3.59. The van der Waals surface area contributed by atoms with Gasteiger partial charge in [0.1, 0.15) is 0 Å². The van der Waals surface area contributed by atoms with Crippen LogP contribution >= 0.6 is 0 Å². The summed E-state index contributed by atoms with van der Waals surface area (Å²) < 4.78 is 22.6. The molecule has 4 aromatic carbocycles. The van der Waals surface area contributed by atoms with E-state index < -0.39 is 0 Å². The highest BCUT2D eigenvalue weighted by Gasteiger charge is 2.47. The first-order valence-corrected chi connectivity index (χ1v) is 12.0. The number of carbonyl (C=O) groups excluding carboxylic acids is 1. The molecule has 0 bridgehead atoms. The number of hydrogen-bond acceptors (Lipinski definition) is 5. The minimum Gasteiger partial charge on any atom is -0.493 e. The molecule has 0 fully saturated rings. The Morgan fingerprint density at radius 1 is 0.694 bits per heavy atom. The van der Waals surface area contributed by atoms with Gasteiger partial charge < -0.3 is 18.9 Å². The molecule has 5 nitrogen and oxygen atoms in total. The highest BCUT2D eigenvalue weighted by atomic mass is 16.7. The lowest BCUT2D eigenvalue weighted by atomic mass is 9.75. The van der Waals surface area contributed by atoms with E-state index in [9.17, 15) is 4.79 Å². The molecule has 0 saturated heterocycles. The monoisotopic (exact) mass is 478 g/mol. The zero-order chi connectivity index (χ0) is 24.6. The molecule has 180 valence electrons. The van der Waals surface area contributed by atoms with Crippen LogP contribution in [0.5, 0.6) is 23.0 Å². The SMILES string of the molecule is COc1cc2c(cc1OC)[C@H](c1ccccc1)[C@@H](C(=O)c1ccccc1)[C@@H]2c1ccc2c(c1)OCO2. The molecule has 0 radical (unpaired) electrons. The molecule has 2 aliphatic rings. The van der Waals surface area contributed by atoms with E-state index >= 15 is 0 Å². The molecule has 1 aliphatic carbocycles. The number of benzene rings is 4. The Labute approximate surface area is 210 Å². The second-order valence-corrected chi connectivity index (χ2v) is 9.07. The molecule has 0 N–H and O–H groups in total. The summed E-state index contributed by atoms with van der Waals surface area (Å²) in [6.45, 7) is 0.198. The van der Waals surface area contributed by atoms with Gasteiger partial charge in [-0.15, -0.1) is 0 Å². The van der Waals surface area contributed by atoms with Gasteiger partial charge in [-0.3, -0.25) is 4.79 Å².